The molecule has 0 atom stereocenters. The van der Waals surface area contributed by atoms with Gasteiger partial charge >= 0.3 is 0 Å². The minimum atomic E-state index is -0.234. The Morgan fingerprint density at radius 3 is 2.79 bits per heavy atom. The Kier molecular flexibility index (Phi) is 6.19. The number of hydrogen-bond donors (Lipinski definition) is 2. The van der Waals surface area contributed by atoms with Crippen LogP contribution in [0, 0.1) is 0 Å². The molecule has 6 heteroatoms. The highest BCUT2D eigenvalue weighted by Gasteiger charge is 2.04. The summed E-state index contributed by atoms with van der Waals surface area (Å²) >= 11 is 5.61. The highest BCUT2D eigenvalue weighted by Crippen LogP contribution is 2.05. The van der Waals surface area contributed by atoms with Crippen LogP contribution in [-0.2, 0) is 0 Å². The van der Waals surface area contributed by atoms with Gasteiger partial charge in [0.25, 0.3) is 5.91 Å². The molecule has 3 N–H and O–H groups in total. The number of amides is 1. The van der Waals surface area contributed by atoms with Crippen LogP contribution in [0.5, 0.6) is 0 Å². The van der Waals surface area contributed by atoms with E-state index in [1.165, 1.54) is 6.20 Å². The molecular weight excluding hydrogens is 225 g/mol. The number of rotatable bonds is 3. The molecule has 0 aliphatic carbocycles. The monoisotopic (exact) mass is 234 g/mol. The number of nitrogens with two attached hydrogens (primary N) is 1. The standard InChI is InChI=1S/C8H10ClN3O.ClH/c9-6-1-2-7(12-5-6)8(13)11-4-3-10;/h1-2,5H,3-4,10H2,(H,11,13);1H/p-1. The molecule has 78 valence electrons. The molecule has 1 aromatic heterocycles. The van der Waals surface area contributed by atoms with Crippen LogP contribution in [0.25, 0.3) is 0 Å². The van der Waals surface area contributed by atoms with E-state index in [2.05, 4.69) is 10.3 Å². The average molecular weight is 235 g/mol. The first-order chi connectivity index (χ1) is 6.24. The summed E-state index contributed by atoms with van der Waals surface area (Å²) in [6.07, 6.45) is 1.43. The van der Waals surface area contributed by atoms with Gasteiger partial charge in [-0.15, -0.1) is 0 Å². The van der Waals surface area contributed by atoms with E-state index in [-0.39, 0.29) is 18.3 Å². The van der Waals surface area contributed by atoms with E-state index in [0.29, 0.717) is 23.8 Å². The number of nitrogens with zero attached hydrogens (tertiary/aromatic N) is 1. The van der Waals surface area contributed by atoms with Gasteiger partial charge in [0.15, 0.2) is 0 Å². The normalized spacial score (nSPS) is 9.00. The number of halogens is 2. The van der Waals surface area contributed by atoms with E-state index in [1.54, 1.807) is 12.1 Å². The van der Waals surface area contributed by atoms with E-state index in [9.17, 15) is 4.79 Å². The van der Waals surface area contributed by atoms with Crippen molar-refractivity contribution in [3.63, 3.8) is 0 Å². The lowest BCUT2D eigenvalue weighted by Crippen LogP contribution is -3.00. The number of hydrogen-bond acceptors (Lipinski definition) is 3. The van der Waals surface area contributed by atoms with Crippen molar-refractivity contribution in [3.8, 4) is 0 Å². The minimum Gasteiger partial charge on any atom is -1.00 e. The molecule has 0 radical (unpaired) electrons. The second-order valence-electron chi connectivity index (χ2n) is 2.41. The van der Waals surface area contributed by atoms with Crippen LogP contribution >= 0.6 is 11.6 Å². The van der Waals surface area contributed by atoms with E-state index >= 15 is 0 Å². The van der Waals surface area contributed by atoms with Crippen molar-refractivity contribution in [1.82, 2.24) is 10.3 Å². The summed E-state index contributed by atoms with van der Waals surface area (Å²) in [4.78, 5) is 15.1. The lowest BCUT2D eigenvalue weighted by molar-refractivity contribution is -0.0000110. The fourth-order valence-electron chi connectivity index (χ4n) is 0.786. The molecule has 0 aliphatic rings. The van der Waals surface area contributed by atoms with Crippen molar-refractivity contribution in [2.45, 2.75) is 0 Å². The van der Waals surface area contributed by atoms with Gasteiger partial charge in [-0.2, -0.15) is 0 Å². The van der Waals surface area contributed by atoms with Gasteiger partial charge in [-0.25, -0.2) is 4.98 Å². The van der Waals surface area contributed by atoms with Gasteiger partial charge in [-0.3, -0.25) is 4.79 Å². The highest BCUT2D eigenvalue weighted by atomic mass is 35.5. The molecule has 1 rings (SSSR count). The molecule has 1 heterocycles. The summed E-state index contributed by atoms with van der Waals surface area (Å²) in [5.41, 5.74) is 5.57. The predicted octanol–water partition coefficient (Wildman–Crippen LogP) is -2.57. The Morgan fingerprint density at radius 1 is 1.57 bits per heavy atom. The molecule has 0 unspecified atom stereocenters. The lowest BCUT2D eigenvalue weighted by Gasteiger charge is -2.01. The third kappa shape index (κ3) is 3.91. The maximum atomic E-state index is 11.2. The molecular formula is C8H10Cl2N3O-. The first-order valence-corrected chi connectivity index (χ1v) is 4.21. The molecule has 0 spiro atoms. The first-order valence-electron chi connectivity index (χ1n) is 3.84. The van der Waals surface area contributed by atoms with Crippen LogP contribution in [-0.4, -0.2) is 24.0 Å². The smallest absolute Gasteiger partial charge is 0.269 e. The molecule has 4 nitrogen and oxygen atoms in total. The fourth-order valence-corrected chi connectivity index (χ4v) is 0.898. The van der Waals surface area contributed by atoms with Crippen molar-refractivity contribution in [2.75, 3.05) is 13.1 Å². The maximum absolute atomic E-state index is 11.2. The number of pyridine rings is 1. The van der Waals surface area contributed by atoms with Gasteiger partial charge in [-0.05, 0) is 12.1 Å². The van der Waals surface area contributed by atoms with Crippen molar-refractivity contribution < 1.29 is 17.2 Å². The van der Waals surface area contributed by atoms with Crippen molar-refractivity contribution in [1.29, 1.82) is 0 Å². The summed E-state index contributed by atoms with van der Waals surface area (Å²) in [7, 11) is 0. The minimum absolute atomic E-state index is 0. The third-order valence-electron chi connectivity index (χ3n) is 1.39. The summed E-state index contributed by atoms with van der Waals surface area (Å²) in [6.45, 7) is 0.864. The highest BCUT2D eigenvalue weighted by molar-refractivity contribution is 6.30. The largest absolute Gasteiger partial charge is 1.00 e. The average Bonchev–Trinajstić information content (AvgIpc) is 2.15. The van der Waals surface area contributed by atoms with Gasteiger partial charge in [0, 0.05) is 19.3 Å². The van der Waals surface area contributed by atoms with Crippen molar-refractivity contribution in [2.24, 2.45) is 5.73 Å². The fraction of sp³-hybridized carbons (Fsp3) is 0.250. The van der Waals surface area contributed by atoms with E-state index in [0.717, 1.165) is 0 Å². The molecule has 0 saturated carbocycles. The maximum Gasteiger partial charge on any atom is 0.269 e. The second-order valence-corrected chi connectivity index (χ2v) is 2.84. The number of nitrogens with one attached hydrogen (secondary N) is 1. The molecule has 0 aliphatic heterocycles. The molecule has 0 bridgehead atoms. The lowest BCUT2D eigenvalue weighted by atomic mass is 10.3. The van der Waals surface area contributed by atoms with Crippen LogP contribution < -0.4 is 23.5 Å². The Balaban J connectivity index is 0.00000169. The van der Waals surface area contributed by atoms with Crippen LogP contribution in [0.1, 0.15) is 10.5 Å². The van der Waals surface area contributed by atoms with Gasteiger partial charge in [-0.1, -0.05) is 11.6 Å². The van der Waals surface area contributed by atoms with Crippen molar-refractivity contribution >= 4 is 17.5 Å². The van der Waals surface area contributed by atoms with Crippen LogP contribution in [0.15, 0.2) is 18.3 Å². The van der Waals surface area contributed by atoms with Gasteiger partial charge in [0.2, 0.25) is 0 Å². The molecule has 0 saturated heterocycles. The zero-order valence-electron chi connectivity index (χ0n) is 7.34. The topological polar surface area (TPSA) is 68.0 Å². The second kappa shape index (κ2) is 6.59. The third-order valence-corrected chi connectivity index (χ3v) is 1.61. The number of carbonyl (C=O) groups is 1. The van der Waals surface area contributed by atoms with Crippen LogP contribution in [0.4, 0.5) is 0 Å². The zero-order valence-corrected chi connectivity index (χ0v) is 8.85. The van der Waals surface area contributed by atoms with Gasteiger partial charge in [0.05, 0.1) is 5.02 Å². The Bertz CT molecular complexity index is 289. The molecule has 1 aromatic rings. The number of carbonyl (C=O) groups excluding carboxylic acids is 1. The molecule has 0 fully saturated rings. The van der Waals surface area contributed by atoms with E-state index < -0.39 is 0 Å². The van der Waals surface area contributed by atoms with Gasteiger partial charge < -0.3 is 23.5 Å². The van der Waals surface area contributed by atoms with E-state index in [4.69, 9.17) is 17.3 Å². The first kappa shape index (κ1) is 13.2. The predicted molar refractivity (Wildman–Crippen MR) is 50.6 cm³/mol. The summed E-state index contributed by atoms with van der Waals surface area (Å²) < 4.78 is 0. The Hall–Kier alpha value is -0.840. The Labute approximate surface area is 93.3 Å². The number of aromatic nitrogens is 1. The zero-order chi connectivity index (χ0) is 9.68. The van der Waals surface area contributed by atoms with Crippen LogP contribution in [0.3, 0.4) is 0 Å². The SMILES string of the molecule is NCCNC(=O)c1ccc(Cl)cn1.[Cl-]. The summed E-state index contributed by atoms with van der Waals surface area (Å²) in [5.74, 6) is -0.234. The van der Waals surface area contributed by atoms with Crippen LogP contribution in [0.2, 0.25) is 5.02 Å². The Morgan fingerprint density at radius 2 is 2.29 bits per heavy atom. The van der Waals surface area contributed by atoms with E-state index in [1.807, 2.05) is 0 Å². The van der Waals surface area contributed by atoms with Crippen molar-refractivity contribution in [3.05, 3.63) is 29.0 Å². The molecule has 1 amide bonds. The quantitative estimate of drug-likeness (QED) is 0.605. The summed E-state index contributed by atoms with van der Waals surface area (Å²) in [6, 6.07) is 3.18. The molecule has 14 heavy (non-hydrogen) atoms. The summed E-state index contributed by atoms with van der Waals surface area (Å²) in [5, 5.41) is 3.11. The molecule has 0 aromatic carbocycles. The van der Waals surface area contributed by atoms with Gasteiger partial charge in [0.1, 0.15) is 5.69 Å².